The molecule has 0 saturated carbocycles. The van der Waals surface area contributed by atoms with E-state index in [-0.39, 0.29) is 22.4 Å². The SMILES string of the molecule is C=C.FC(F)(F)c1cc(C(F)(F)F)n([BH-](n2nc(C(F)(F)F)cc2C(F)(F)F)n2nc(C(F)(F)F)cc2C(F)(F)F)n1.[Ag+]. The molecule has 0 amide bonds. The average molecular weight is 757 g/mol. The van der Waals surface area contributed by atoms with Gasteiger partial charge in [0, 0.05) is 0 Å². The van der Waals surface area contributed by atoms with E-state index in [2.05, 4.69) is 28.5 Å². The van der Waals surface area contributed by atoms with E-state index >= 15 is 0 Å². The fraction of sp³-hybridized carbons (Fsp3) is 0.353. The molecule has 3 aromatic heterocycles. The second kappa shape index (κ2) is 11.8. The average Bonchev–Trinajstić information content (AvgIpc) is 3.50. The molecule has 0 aliphatic carbocycles. The summed E-state index contributed by atoms with van der Waals surface area (Å²) in [4.78, 5) is 0. The van der Waals surface area contributed by atoms with Gasteiger partial charge in [-0.25, -0.2) is 15.3 Å². The minimum Gasteiger partial charge on any atom is -0.392 e. The molecule has 43 heavy (non-hydrogen) atoms. The molecule has 0 bridgehead atoms. The van der Waals surface area contributed by atoms with Gasteiger partial charge in [-0.1, -0.05) is 0 Å². The van der Waals surface area contributed by atoms with Crippen molar-refractivity contribution in [3.63, 3.8) is 0 Å². The van der Waals surface area contributed by atoms with Crippen LogP contribution in [0.3, 0.4) is 0 Å². The van der Waals surface area contributed by atoms with Crippen LogP contribution in [-0.2, 0) is 59.4 Å². The van der Waals surface area contributed by atoms with Crippen molar-refractivity contribution >= 4 is 7.12 Å². The van der Waals surface area contributed by atoms with Gasteiger partial charge in [0.05, 0.1) is 0 Å². The summed E-state index contributed by atoms with van der Waals surface area (Å²) in [5.74, 6) is 0. The Morgan fingerprint density at radius 2 is 0.605 bits per heavy atom. The van der Waals surface area contributed by atoms with Crippen LogP contribution in [0.5, 0.6) is 0 Å². The molecule has 246 valence electrons. The van der Waals surface area contributed by atoms with Crippen LogP contribution in [0, 0.1) is 0 Å². The first kappa shape index (κ1) is 37.9. The predicted molar refractivity (Wildman–Crippen MR) is 101 cm³/mol. The zero-order valence-corrected chi connectivity index (χ0v) is 21.1. The summed E-state index contributed by atoms with van der Waals surface area (Å²) in [7, 11) is -5.30. The molecule has 6 nitrogen and oxygen atoms in total. The van der Waals surface area contributed by atoms with Crippen LogP contribution in [0.2, 0.25) is 0 Å². The monoisotopic (exact) mass is 756 g/mol. The van der Waals surface area contributed by atoms with E-state index in [1.807, 2.05) is 0 Å². The van der Waals surface area contributed by atoms with Crippen molar-refractivity contribution in [3.8, 4) is 0 Å². The molecule has 3 rings (SSSR count). The molecular weight excluding hydrogens is 749 g/mol. The number of hydrogen-bond acceptors (Lipinski definition) is 3. The molecule has 0 radical (unpaired) electrons. The van der Waals surface area contributed by atoms with Gasteiger partial charge in [0.2, 0.25) is 0 Å². The first-order valence-electron chi connectivity index (χ1n) is 10.0. The third-order valence-corrected chi connectivity index (χ3v) is 4.89. The van der Waals surface area contributed by atoms with Crippen molar-refractivity contribution in [1.29, 1.82) is 0 Å². The van der Waals surface area contributed by atoms with Crippen molar-refractivity contribution < 1.29 is 101 Å². The second-order valence-corrected chi connectivity index (χ2v) is 7.65. The largest absolute Gasteiger partial charge is 1.00 e. The number of aromatic nitrogens is 6. The first-order chi connectivity index (χ1) is 18.6. The standard InChI is InChI=1S/C15H4BF18N6.C2H4.Ag/c17-10(18,19)4-1-7(13(26,27)28)38(35-4)16(39-8(14(29,30)31)2-5(36-39)11(20,21)22)40-9(15(32,33)34)3-6(37-40)12(23,24)25;1-2;/h1-3,16H;1-2H2;/q-1;;+1. The van der Waals surface area contributed by atoms with Crippen molar-refractivity contribution in [1.82, 2.24) is 29.1 Å². The Balaban J connectivity index is 0.00000302. The van der Waals surface area contributed by atoms with Crippen LogP contribution in [-0.4, -0.2) is 36.2 Å². The van der Waals surface area contributed by atoms with Gasteiger partial charge in [-0.15, -0.1) is 13.2 Å². The number of halogens is 18. The van der Waals surface area contributed by atoms with Crippen molar-refractivity contribution in [3.05, 3.63) is 65.5 Å². The molecule has 0 saturated heterocycles. The van der Waals surface area contributed by atoms with Gasteiger partial charge in [0.1, 0.15) is 17.1 Å². The van der Waals surface area contributed by atoms with Crippen LogP contribution < -0.4 is 0 Å². The molecule has 0 aliphatic heterocycles. The van der Waals surface area contributed by atoms with E-state index in [1.54, 1.807) is 0 Å². The molecule has 3 aromatic rings. The predicted octanol–water partition coefficient (Wildman–Crippen LogP) is 6.85. The minimum atomic E-state index is -6.13. The summed E-state index contributed by atoms with van der Waals surface area (Å²) in [6.07, 6.45) is -36.1. The third-order valence-electron chi connectivity index (χ3n) is 4.89. The maximum Gasteiger partial charge on any atom is 1.00 e. The summed E-state index contributed by atoms with van der Waals surface area (Å²) >= 11 is 0. The Morgan fingerprint density at radius 1 is 0.419 bits per heavy atom. The van der Waals surface area contributed by atoms with E-state index in [1.165, 1.54) is 0 Å². The molecule has 0 atom stereocenters. The van der Waals surface area contributed by atoms with Gasteiger partial charge in [-0.05, 0) is 18.2 Å². The molecule has 0 unspecified atom stereocenters. The minimum absolute atomic E-state index is 0. The molecule has 0 aliphatic rings. The smallest absolute Gasteiger partial charge is 0.392 e. The quantitative estimate of drug-likeness (QED) is 0.167. The van der Waals surface area contributed by atoms with E-state index in [4.69, 9.17) is 0 Å². The Kier molecular flexibility index (Phi) is 10.4. The van der Waals surface area contributed by atoms with Crippen molar-refractivity contribution in [2.45, 2.75) is 37.1 Å². The number of hydrogen-bond donors (Lipinski definition) is 0. The van der Waals surface area contributed by atoms with Crippen LogP contribution in [0.25, 0.3) is 0 Å². The summed E-state index contributed by atoms with van der Waals surface area (Å²) in [5, 5.41) is 6.84. The molecule has 26 heteroatoms. The van der Waals surface area contributed by atoms with Crippen LogP contribution in [0.4, 0.5) is 79.0 Å². The summed E-state index contributed by atoms with van der Waals surface area (Å²) < 4.78 is 237. The number of nitrogens with zero attached hydrogens (tertiary/aromatic N) is 6. The van der Waals surface area contributed by atoms with Crippen molar-refractivity contribution in [2.75, 3.05) is 0 Å². The zero-order chi connectivity index (χ0) is 33.0. The Bertz CT molecular complexity index is 1230. The Hall–Kier alpha value is -3.08. The fourth-order valence-corrected chi connectivity index (χ4v) is 3.38. The van der Waals surface area contributed by atoms with Crippen LogP contribution in [0.1, 0.15) is 34.2 Å². The van der Waals surface area contributed by atoms with Crippen LogP contribution >= 0.6 is 0 Å². The van der Waals surface area contributed by atoms with Gasteiger partial charge in [0.25, 0.3) is 0 Å². The van der Waals surface area contributed by atoms with Gasteiger partial charge >= 0.3 is 66.6 Å². The van der Waals surface area contributed by atoms with Gasteiger partial charge in [-0.3, -0.25) is 0 Å². The molecule has 0 spiro atoms. The zero-order valence-electron chi connectivity index (χ0n) is 19.6. The van der Waals surface area contributed by atoms with Gasteiger partial charge in [0.15, 0.2) is 17.1 Å². The number of alkyl halides is 18. The maximum absolute atomic E-state index is 13.6. The van der Waals surface area contributed by atoms with E-state index in [0.29, 0.717) is 0 Å². The molecular formula is C17H8AgBF18N6. The van der Waals surface area contributed by atoms with Crippen LogP contribution in [0.15, 0.2) is 31.4 Å². The summed E-state index contributed by atoms with van der Waals surface area (Å²) in [6.45, 7) is 6.00. The Morgan fingerprint density at radius 3 is 0.744 bits per heavy atom. The van der Waals surface area contributed by atoms with Gasteiger partial charge < -0.3 is 13.8 Å². The number of rotatable bonds is 3. The first-order valence-corrected chi connectivity index (χ1v) is 10.0. The summed E-state index contributed by atoms with van der Waals surface area (Å²) in [5.41, 5.74) is -16.3. The second-order valence-electron chi connectivity index (χ2n) is 7.65. The molecule has 0 N–H and O–H groups in total. The summed E-state index contributed by atoms with van der Waals surface area (Å²) in [6, 6.07) is -2.82. The fourth-order valence-electron chi connectivity index (χ4n) is 3.38. The molecule has 3 heterocycles. The van der Waals surface area contributed by atoms with Gasteiger partial charge in [-0.2, -0.15) is 79.0 Å². The van der Waals surface area contributed by atoms with E-state index < -0.39 is 110 Å². The molecule has 0 fully saturated rings. The molecule has 0 aromatic carbocycles. The topological polar surface area (TPSA) is 53.5 Å². The normalized spacial score (nSPS) is 13.6. The maximum atomic E-state index is 13.6. The van der Waals surface area contributed by atoms with E-state index in [0.717, 1.165) is 0 Å². The van der Waals surface area contributed by atoms with E-state index in [9.17, 15) is 79.0 Å². The third kappa shape index (κ3) is 8.10. The van der Waals surface area contributed by atoms with Crippen molar-refractivity contribution in [2.24, 2.45) is 0 Å². The Labute approximate surface area is 240 Å².